The number of benzene rings is 8. The first-order valence-corrected chi connectivity index (χ1v) is 20.4. The number of aromatic nitrogens is 1. The highest BCUT2D eigenvalue weighted by Gasteiger charge is 2.23. The molecule has 0 saturated carbocycles. The largest absolute Gasteiger partial charge is 0.374 e. The van der Waals surface area contributed by atoms with Crippen LogP contribution in [0.4, 0.5) is 0 Å². The molecule has 8 aromatic carbocycles. The summed E-state index contributed by atoms with van der Waals surface area (Å²) in [5.74, 6) is 0. The predicted molar refractivity (Wildman–Crippen MR) is 245 cm³/mol. The van der Waals surface area contributed by atoms with E-state index in [1.807, 2.05) is 13.8 Å². The molecule has 2 heterocycles. The molecule has 2 heteroatoms. The van der Waals surface area contributed by atoms with Gasteiger partial charge in [0.1, 0.15) is 0 Å². The zero-order chi connectivity index (χ0) is 38.3. The average molecular weight is 733 g/mol. The molecule has 0 spiro atoms. The first-order valence-electron chi connectivity index (χ1n) is 20.4. The van der Waals surface area contributed by atoms with Gasteiger partial charge in [-0.2, -0.15) is 0 Å². The van der Waals surface area contributed by atoms with Gasteiger partial charge in [-0.15, -0.1) is 0 Å². The fourth-order valence-electron chi connectivity index (χ4n) is 9.06. The van der Waals surface area contributed by atoms with Gasteiger partial charge in [0.15, 0.2) is 0 Å². The first-order chi connectivity index (χ1) is 28.3. The highest BCUT2D eigenvalue weighted by atomic mass is 15.0. The summed E-state index contributed by atoms with van der Waals surface area (Å²) in [5.41, 5.74) is 12.3. The number of nitrogens with zero attached hydrogens (tertiary/aromatic N) is 1. The Bertz CT molecular complexity index is 3100. The van der Waals surface area contributed by atoms with Crippen LogP contribution in [0.3, 0.4) is 0 Å². The van der Waals surface area contributed by atoms with Crippen molar-refractivity contribution in [2.45, 2.75) is 32.7 Å². The van der Waals surface area contributed by atoms with Crippen molar-refractivity contribution >= 4 is 59.8 Å². The van der Waals surface area contributed by atoms with E-state index in [0.717, 1.165) is 24.2 Å². The van der Waals surface area contributed by atoms with Crippen molar-refractivity contribution < 1.29 is 0 Å². The number of allylic oxidation sites excluding steroid dienone is 6. The molecular weight excluding hydrogens is 689 g/mol. The van der Waals surface area contributed by atoms with Crippen LogP contribution in [0.5, 0.6) is 0 Å². The summed E-state index contributed by atoms with van der Waals surface area (Å²) in [6, 6.07) is 60.1. The number of hydrogen-bond donors (Lipinski definition) is 1. The van der Waals surface area contributed by atoms with Crippen molar-refractivity contribution in [3.05, 3.63) is 216 Å². The minimum atomic E-state index is -0.00911. The van der Waals surface area contributed by atoms with Crippen LogP contribution in [-0.4, -0.2) is 4.57 Å². The van der Waals surface area contributed by atoms with Gasteiger partial charge in [0, 0.05) is 32.9 Å². The van der Waals surface area contributed by atoms with Crippen molar-refractivity contribution in [1.82, 2.24) is 9.88 Å². The highest BCUT2D eigenvalue weighted by Crippen LogP contribution is 2.45. The van der Waals surface area contributed by atoms with Gasteiger partial charge in [-0.1, -0.05) is 184 Å². The summed E-state index contributed by atoms with van der Waals surface area (Å²) in [7, 11) is 0. The Morgan fingerprint density at radius 1 is 0.561 bits per heavy atom. The van der Waals surface area contributed by atoms with Gasteiger partial charge < -0.3 is 9.88 Å². The number of fused-ring (bicyclic) bond motifs is 10. The molecule has 11 rings (SSSR count). The minimum Gasteiger partial charge on any atom is -0.374 e. The van der Waals surface area contributed by atoms with E-state index in [1.54, 1.807) is 0 Å². The third kappa shape index (κ3) is 5.97. The highest BCUT2D eigenvalue weighted by molar-refractivity contribution is 6.36. The molecule has 0 saturated heterocycles. The van der Waals surface area contributed by atoms with E-state index in [-0.39, 0.29) is 6.04 Å². The van der Waals surface area contributed by atoms with Crippen molar-refractivity contribution in [3.63, 3.8) is 0 Å². The Kier molecular flexibility index (Phi) is 8.88. The monoisotopic (exact) mass is 732 g/mol. The average Bonchev–Trinajstić information content (AvgIpc) is 3.65. The lowest BCUT2D eigenvalue weighted by Crippen LogP contribution is -2.22. The van der Waals surface area contributed by atoms with Crippen LogP contribution >= 0.6 is 0 Å². The molecule has 2 nitrogen and oxygen atoms in total. The molecule has 0 radical (unpaired) electrons. The normalized spacial score (nSPS) is 15.3. The Morgan fingerprint density at radius 3 is 2.07 bits per heavy atom. The maximum atomic E-state index is 3.97. The van der Waals surface area contributed by atoms with Crippen LogP contribution < -0.4 is 5.32 Å². The maximum absolute atomic E-state index is 3.97. The maximum Gasteiger partial charge on any atom is 0.0707 e. The topological polar surface area (TPSA) is 17.0 Å². The first kappa shape index (κ1) is 34.6. The lowest BCUT2D eigenvalue weighted by atomic mass is 9.89. The van der Waals surface area contributed by atoms with Gasteiger partial charge in [-0.05, 0) is 92.1 Å². The van der Waals surface area contributed by atoms with E-state index in [4.69, 9.17) is 0 Å². The van der Waals surface area contributed by atoms with E-state index >= 15 is 0 Å². The summed E-state index contributed by atoms with van der Waals surface area (Å²) in [5, 5.41) is 14.3. The third-order valence-corrected chi connectivity index (χ3v) is 11.7. The Hall–Kier alpha value is -6.90. The third-order valence-electron chi connectivity index (χ3n) is 11.7. The van der Waals surface area contributed by atoms with Crippen LogP contribution in [-0.2, 0) is 0 Å². The fraction of sp³-hybridized carbons (Fsp3) is 0.0909. The lowest BCUT2D eigenvalue weighted by molar-refractivity contribution is 0.754. The van der Waals surface area contributed by atoms with E-state index in [9.17, 15) is 0 Å². The molecule has 0 amide bonds. The number of para-hydroxylation sites is 1. The molecule has 1 N–H and O–H groups in total. The molecule has 2 aliphatic rings. The number of nitrogens with one attached hydrogen (secondary N) is 1. The summed E-state index contributed by atoms with van der Waals surface area (Å²) < 4.78 is 2.51. The fourth-order valence-corrected chi connectivity index (χ4v) is 9.06. The molecule has 1 unspecified atom stereocenters. The van der Waals surface area contributed by atoms with Gasteiger partial charge in [0.25, 0.3) is 0 Å². The minimum absolute atomic E-state index is 0.00911. The Morgan fingerprint density at radius 2 is 1.26 bits per heavy atom. The Labute approximate surface area is 334 Å². The van der Waals surface area contributed by atoms with Crippen LogP contribution in [0.15, 0.2) is 205 Å². The molecule has 0 fully saturated rings. The molecule has 0 bridgehead atoms. The summed E-state index contributed by atoms with van der Waals surface area (Å²) in [6.45, 7) is 4.00. The smallest absolute Gasteiger partial charge is 0.0707 e. The van der Waals surface area contributed by atoms with Gasteiger partial charge in [-0.3, -0.25) is 0 Å². The summed E-state index contributed by atoms with van der Waals surface area (Å²) in [6.07, 6.45) is 13.6. The van der Waals surface area contributed by atoms with Crippen LogP contribution in [0.25, 0.3) is 76.6 Å². The van der Waals surface area contributed by atoms with Crippen molar-refractivity contribution in [3.8, 4) is 16.8 Å². The van der Waals surface area contributed by atoms with Crippen molar-refractivity contribution in [2.75, 3.05) is 0 Å². The van der Waals surface area contributed by atoms with Crippen LogP contribution in [0, 0.1) is 0 Å². The van der Waals surface area contributed by atoms with Crippen LogP contribution in [0.1, 0.15) is 43.9 Å². The Balaban J connectivity index is 0.00000195. The molecular formula is C55H44N2. The molecule has 1 atom stereocenters. The van der Waals surface area contributed by atoms with Gasteiger partial charge >= 0.3 is 0 Å². The number of dihydropyridines is 1. The number of rotatable bonds is 5. The van der Waals surface area contributed by atoms with Gasteiger partial charge in [-0.25, -0.2) is 0 Å². The van der Waals surface area contributed by atoms with Gasteiger partial charge in [0.2, 0.25) is 0 Å². The number of hydrogen-bond acceptors (Lipinski definition) is 1. The van der Waals surface area contributed by atoms with E-state index in [1.165, 1.54) is 87.5 Å². The molecule has 57 heavy (non-hydrogen) atoms. The predicted octanol–water partition coefficient (Wildman–Crippen LogP) is 14.8. The molecule has 1 aliphatic heterocycles. The summed E-state index contributed by atoms with van der Waals surface area (Å²) in [4.78, 5) is 0. The molecule has 1 aromatic heterocycles. The SMILES string of the molecule is C1=CCCC(C2=CC(c3cccc(-n4c5ccccc5c5c6c7ccccc7ccc6c6ccccc6c54)c3)NC(c3ccc(-c4ccccc4)cc3)=C2)=C1.CC. The lowest BCUT2D eigenvalue weighted by Gasteiger charge is -2.27. The standard InChI is InChI=1S/C53H38N2.C2H6/c1-3-14-35(15-4-1)37-26-28-39(29-27-37)48-33-41(36-16-5-2-6-17-36)34-49(54-48)40-19-13-20-42(32-40)55-50-25-12-11-24-47(50)52-51-43-21-8-7-18-38(43)30-31-45(51)44-22-9-10-23-46(44)53(52)55;1-2/h1-5,7-16,18-34,49,54H,6,17H2;1-2H3. The summed E-state index contributed by atoms with van der Waals surface area (Å²) >= 11 is 0. The van der Waals surface area contributed by atoms with E-state index < -0.39 is 0 Å². The van der Waals surface area contributed by atoms with Crippen molar-refractivity contribution in [1.29, 1.82) is 0 Å². The van der Waals surface area contributed by atoms with Gasteiger partial charge in [0.05, 0.1) is 17.1 Å². The van der Waals surface area contributed by atoms with Crippen molar-refractivity contribution in [2.24, 2.45) is 0 Å². The van der Waals surface area contributed by atoms with E-state index in [0.29, 0.717) is 0 Å². The second-order valence-electron chi connectivity index (χ2n) is 14.8. The van der Waals surface area contributed by atoms with E-state index in [2.05, 4.69) is 204 Å². The quantitative estimate of drug-likeness (QED) is 0.174. The second-order valence-corrected chi connectivity index (χ2v) is 14.8. The molecule has 274 valence electrons. The van der Waals surface area contributed by atoms with Crippen LogP contribution in [0.2, 0.25) is 0 Å². The molecule has 9 aromatic rings. The second kappa shape index (κ2) is 14.6. The zero-order valence-electron chi connectivity index (χ0n) is 32.4. The molecule has 1 aliphatic carbocycles. The zero-order valence-corrected chi connectivity index (χ0v) is 32.4.